The van der Waals surface area contributed by atoms with Crippen molar-refractivity contribution in [2.45, 2.75) is 57.3 Å². The molecule has 1 aliphatic heterocycles. The van der Waals surface area contributed by atoms with E-state index in [2.05, 4.69) is 0 Å². The summed E-state index contributed by atoms with van der Waals surface area (Å²) in [5, 5.41) is 29.7. The van der Waals surface area contributed by atoms with Crippen LogP contribution in [0.4, 0.5) is 0 Å². The van der Waals surface area contributed by atoms with Gasteiger partial charge in [-0.15, -0.1) is 0 Å². The SMILES string of the molecule is COc1cc(O)cc2c1C(=O)OC(C)CC(O)C(O)CCCC2. The van der Waals surface area contributed by atoms with E-state index in [0.717, 1.165) is 0 Å². The van der Waals surface area contributed by atoms with E-state index in [1.54, 1.807) is 13.0 Å². The zero-order chi connectivity index (χ0) is 17.0. The highest BCUT2D eigenvalue weighted by Crippen LogP contribution is 2.31. The Kier molecular flexibility index (Phi) is 5.85. The summed E-state index contributed by atoms with van der Waals surface area (Å²) in [5.41, 5.74) is 0.974. The Bertz CT molecular complexity index is 556. The fourth-order valence-corrected chi connectivity index (χ4v) is 2.90. The standard InChI is InChI=1S/C17H24O6/c1-10-7-14(20)13(19)6-4-3-5-11-8-12(18)9-15(22-2)16(11)17(21)23-10/h8-10,13-14,18-20H,3-7H2,1-2H3. The number of aromatic hydroxyl groups is 1. The predicted octanol–water partition coefficient (Wildman–Crippen LogP) is 1.78. The van der Waals surface area contributed by atoms with Crippen LogP contribution in [0.5, 0.6) is 11.5 Å². The molecule has 0 aliphatic carbocycles. The van der Waals surface area contributed by atoms with Crippen molar-refractivity contribution >= 4 is 5.97 Å². The third-order valence-corrected chi connectivity index (χ3v) is 4.11. The van der Waals surface area contributed by atoms with Crippen LogP contribution in [0.15, 0.2) is 12.1 Å². The molecule has 1 aliphatic rings. The lowest BCUT2D eigenvalue weighted by Gasteiger charge is -2.23. The molecule has 3 unspecified atom stereocenters. The summed E-state index contributed by atoms with van der Waals surface area (Å²) < 4.78 is 10.6. The van der Waals surface area contributed by atoms with Crippen molar-refractivity contribution in [1.82, 2.24) is 0 Å². The number of aliphatic hydroxyl groups excluding tert-OH is 2. The van der Waals surface area contributed by atoms with Crippen molar-refractivity contribution in [3.8, 4) is 11.5 Å². The second kappa shape index (κ2) is 7.66. The highest BCUT2D eigenvalue weighted by Gasteiger charge is 2.26. The minimum Gasteiger partial charge on any atom is -0.508 e. The van der Waals surface area contributed by atoms with Crippen LogP contribution in [0, 0.1) is 0 Å². The number of carbonyl (C=O) groups excluding carboxylic acids is 1. The lowest BCUT2D eigenvalue weighted by Crippen LogP contribution is -2.31. The first-order chi connectivity index (χ1) is 10.9. The van der Waals surface area contributed by atoms with E-state index in [1.807, 2.05) is 0 Å². The molecule has 0 saturated heterocycles. The van der Waals surface area contributed by atoms with E-state index in [1.165, 1.54) is 13.2 Å². The van der Waals surface area contributed by atoms with Gasteiger partial charge in [-0.1, -0.05) is 6.42 Å². The van der Waals surface area contributed by atoms with Crippen LogP contribution in [-0.4, -0.2) is 46.7 Å². The average Bonchev–Trinajstić information content (AvgIpc) is 2.49. The Balaban J connectivity index is 2.35. The number of hydrogen-bond acceptors (Lipinski definition) is 6. The van der Waals surface area contributed by atoms with Crippen LogP contribution >= 0.6 is 0 Å². The molecule has 3 N–H and O–H groups in total. The quantitative estimate of drug-likeness (QED) is 0.682. The fourth-order valence-electron chi connectivity index (χ4n) is 2.90. The zero-order valence-corrected chi connectivity index (χ0v) is 13.5. The monoisotopic (exact) mass is 324 g/mol. The first-order valence-electron chi connectivity index (χ1n) is 7.89. The molecular formula is C17H24O6. The van der Waals surface area contributed by atoms with Crippen LogP contribution in [0.1, 0.15) is 48.5 Å². The van der Waals surface area contributed by atoms with Gasteiger partial charge in [0.05, 0.1) is 19.3 Å². The lowest BCUT2D eigenvalue weighted by molar-refractivity contribution is -0.0238. The summed E-state index contributed by atoms with van der Waals surface area (Å²) in [6.07, 6.45) is 0.332. The first kappa shape index (κ1) is 17.6. The Hall–Kier alpha value is -1.79. The highest BCUT2D eigenvalue weighted by atomic mass is 16.5. The van der Waals surface area contributed by atoms with Crippen LogP contribution < -0.4 is 4.74 Å². The molecule has 0 aromatic heterocycles. The van der Waals surface area contributed by atoms with Gasteiger partial charge in [0, 0.05) is 12.5 Å². The van der Waals surface area contributed by atoms with Gasteiger partial charge in [0.25, 0.3) is 0 Å². The van der Waals surface area contributed by atoms with Gasteiger partial charge < -0.3 is 24.8 Å². The molecule has 1 aromatic carbocycles. The Labute approximate surface area is 135 Å². The van der Waals surface area contributed by atoms with Crippen LogP contribution in [0.3, 0.4) is 0 Å². The number of aryl methyl sites for hydroxylation is 1. The molecule has 0 bridgehead atoms. The second-order valence-electron chi connectivity index (χ2n) is 6.01. The van der Waals surface area contributed by atoms with Gasteiger partial charge in [0.1, 0.15) is 23.2 Å². The number of phenols is 1. The van der Waals surface area contributed by atoms with Gasteiger partial charge in [-0.3, -0.25) is 0 Å². The van der Waals surface area contributed by atoms with Gasteiger partial charge in [-0.2, -0.15) is 0 Å². The van der Waals surface area contributed by atoms with Crippen molar-refractivity contribution in [3.05, 3.63) is 23.3 Å². The molecule has 0 amide bonds. The molecule has 0 radical (unpaired) electrons. The van der Waals surface area contributed by atoms with Crippen molar-refractivity contribution in [1.29, 1.82) is 0 Å². The predicted molar refractivity (Wildman–Crippen MR) is 83.7 cm³/mol. The molecular weight excluding hydrogens is 300 g/mol. The van der Waals surface area contributed by atoms with Crippen LogP contribution in [0.25, 0.3) is 0 Å². The molecule has 0 saturated carbocycles. The molecule has 3 atom stereocenters. The Morgan fingerprint density at radius 1 is 1.22 bits per heavy atom. The second-order valence-corrected chi connectivity index (χ2v) is 6.01. The number of methoxy groups -OCH3 is 1. The van der Waals surface area contributed by atoms with Crippen molar-refractivity contribution in [3.63, 3.8) is 0 Å². The molecule has 0 fully saturated rings. The van der Waals surface area contributed by atoms with Gasteiger partial charge in [-0.05, 0) is 37.8 Å². The number of aliphatic hydroxyl groups is 2. The third kappa shape index (κ3) is 4.36. The Morgan fingerprint density at radius 3 is 2.65 bits per heavy atom. The van der Waals surface area contributed by atoms with Crippen LogP contribution in [-0.2, 0) is 11.2 Å². The third-order valence-electron chi connectivity index (χ3n) is 4.11. The van der Waals surface area contributed by atoms with Gasteiger partial charge >= 0.3 is 5.97 Å². The summed E-state index contributed by atoms with van der Waals surface area (Å²) in [6, 6.07) is 2.93. The average molecular weight is 324 g/mol. The number of carbonyl (C=O) groups is 1. The summed E-state index contributed by atoms with van der Waals surface area (Å²) >= 11 is 0. The largest absolute Gasteiger partial charge is 0.508 e. The number of phenolic OH excluding ortho intramolecular Hbond substituents is 1. The van der Waals surface area contributed by atoms with Gasteiger partial charge in [0.15, 0.2) is 0 Å². The van der Waals surface area contributed by atoms with E-state index < -0.39 is 24.3 Å². The number of hydrogen-bond donors (Lipinski definition) is 3. The van der Waals surface area contributed by atoms with Crippen molar-refractivity contribution in [2.75, 3.05) is 7.11 Å². The number of rotatable bonds is 1. The van der Waals surface area contributed by atoms with E-state index in [0.29, 0.717) is 36.8 Å². The first-order valence-corrected chi connectivity index (χ1v) is 7.89. The maximum atomic E-state index is 12.5. The lowest BCUT2D eigenvalue weighted by atomic mass is 9.96. The van der Waals surface area contributed by atoms with Gasteiger partial charge in [-0.25, -0.2) is 4.79 Å². The number of benzene rings is 1. The minimum atomic E-state index is -0.918. The molecule has 1 heterocycles. The molecule has 128 valence electrons. The summed E-state index contributed by atoms with van der Waals surface area (Å²) in [5.74, 6) is -0.245. The number of fused-ring (bicyclic) bond motifs is 1. The molecule has 1 aromatic rings. The fraction of sp³-hybridized carbons (Fsp3) is 0.588. The maximum absolute atomic E-state index is 12.5. The number of ether oxygens (including phenoxy) is 2. The number of esters is 1. The molecule has 6 nitrogen and oxygen atoms in total. The minimum absolute atomic E-state index is 0.0315. The number of cyclic esters (lactones) is 1. The Morgan fingerprint density at radius 2 is 1.96 bits per heavy atom. The zero-order valence-electron chi connectivity index (χ0n) is 13.5. The topological polar surface area (TPSA) is 96.2 Å². The summed E-state index contributed by atoms with van der Waals surface area (Å²) in [6.45, 7) is 1.67. The van der Waals surface area contributed by atoms with E-state index in [4.69, 9.17) is 9.47 Å². The van der Waals surface area contributed by atoms with E-state index in [9.17, 15) is 20.1 Å². The van der Waals surface area contributed by atoms with Gasteiger partial charge in [0.2, 0.25) is 0 Å². The summed E-state index contributed by atoms with van der Waals surface area (Å²) in [7, 11) is 1.43. The van der Waals surface area contributed by atoms with Crippen molar-refractivity contribution in [2.24, 2.45) is 0 Å². The molecule has 2 rings (SSSR count). The smallest absolute Gasteiger partial charge is 0.342 e. The highest BCUT2D eigenvalue weighted by molar-refractivity contribution is 5.94. The van der Waals surface area contributed by atoms with Crippen molar-refractivity contribution < 1.29 is 29.6 Å². The maximum Gasteiger partial charge on any atom is 0.342 e. The molecule has 6 heteroatoms. The normalized spacial score (nSPS) is 26.4. The van der Waals surface area contributed by atoms with E-state index in [-0.39, 0.29) is 17.9 Å². The molecule has 23 heavy (non-hydrogen) atoms. The molecule has 0 spiro atoms. The summed E-state index contributed by atoms with van der Waals surface area (Å²) in [4.78, 5) is 12.5. The van der Waals surface area contributed by atoms with Crippen LogP contribution in [0.2, 0.25) is 0 Å². The van der Waals surface area contributed by atoms with E-state index >= 15 is 0 Å².